The van der Waals surface area contributed by atoms with Gasteiger partial charge in [0.25, 0.3) is 0 Å². The number of amides is 3. The molecule has 0 aliphatic heterocycles. The van der Waals surface area contributed by atoms with Gasteiger partial charge in [-0.3, -0.25) is 4.79 Å². The Kier molecular flexibility index (Phi) is 6.74. The minimum atomic E-state index is -4.78. The van der Waals surface area contributed by atoms with Gasteiger partial charge >= 0.3 is 12.4 Å². The van der Waals surface area contributed by atoms with E-state index in [0.29, 0.717) is 17.2 Å². The van der Waals surface area contributed by atoms with Crippen LogP contribution in [0.4, 0.5) is 35.2 Å². The number of aromatic nitrogens is 1. The van der Waals surface area contributed by atoms with Gasteiger partial charge in [-0.2, -0.15) is 0 Å². The average molecular weight is 442 g/mol. The van der Waals surface area contributed by atoms with Gasteiger partial charge in [0.15, 0.2) is 0 Å². The molecule has 0 spiro atoms. The zero-order chi connectivity index (χ0) is 23.1. The van der Waals surface area contributed by atoms with Crippen LogP contribution in [-0.4, -0.2) is 23.3 Å². The number of nitrogens with one attached hydrogen (secondary N) is 3. The molecule has 2 aromatic carbocycles. The molecule has 0 saturated carbocycles. The Balaban J connectivity index is 1.56. The summed E-state index contributed by atoms with van der Waals surface area (Å²) in [5.41, 5.74) is 2.44. The van der Waals surface area contributed by atoms with E-state index in [2.05, 4.69) is 32.3 Å². The number of hydrogen-bond donors (Lipinski definition) is 3. The minimum Gasteiger partial charge on any atom is -0.406 e. The van der Waals surface area contributed by atoms with Crippen LogP contribution >= 0.6 is 0 Å². The van der Waals surface area contributed by atoms with E-state index in [1.54, 1.807) is 42.6 Å². The van der Waals surface area contributed by atoms with Crippen molar-refractivity contribution < 1.29 is 27.5 Å². The van der Waals surface area contributed by atoms with Crippen LogP contribution in [0.3, 0.4) is 0 Å². The molecule has 0 aliphatic carbocycles. The maximum atomic E-state index is 12.2. The largest absolute Gasteiger partial charge is 0.573 e. The van der Waals surface area contributed by atoms with Crippen LogP contribution in [0.5, 0.6) is 5.75 Å². The highest BCUT2D eigenvalue weighted by Gasteiger charge is 2.30. The topological polar surface area (TPSA) is 92.4 Å². The molecule has 0 atom stereocenters. The lowest BCUT2D eigenvalue weighted by Crippen LogP contribution is -2.19. The van der Waals surface area contributed by atoms with Gasteiger partial charge in [-0.05, 0) is 60.2 Å². The highest BCUT2D eigenvalue weighted by atomic mass is 19.4. The van der Waals surface area contributed by atoms with E-state index in [9.17, 15) is 22.8 Å². The zero-order valence-corrected chi connectivity index (χ0v) is 16.4. The van der Waals surface area contributed by atoms with Crippen molar-refractivity contribution in [2.45, 2.75) is 6.36 Å². The van der Waals surface area contributed by atoms with E-state index in [0.717, 1.165) is 29.3 Å². The van der Waals surface area contributed by atoms with Gasteiger partial charge in [0.2, 0.25) is 5.91 Å². The molecule has 0 unspecified atom stereocenters. The molecule has 3 rings (SSSR count). The molecule has 0 aliphatic rings. The van der Waals surface area contributed by atoms with Gasteiger partial charge in [0.1, 0.15) is 11.6 Å². The number of anilines is 3. The first kappa shape index (κ1) is 22.3. The first-order chi connectivity index (χ1) is 15.2. The highest BCUT2D eigenvalue weighted by Crippen LogP contribution is 2.24. The van der Waals surface area contributed by atoms with Crippen LogP contribution in [0.1, 0.15) is 0 Å². The summed E-state index contributed by atoms with van der Waals surface area (Å²) in [4.78, 5) is 27.6. The number of alkyl halides is 3. The van der Waals surface area contributed by atoms with E-state index in [4.69, 9.17) is 0 Å². The van der Waals surface area contributed by atoms with Crippen molar-refractivity contribution in [2.24, 2.45) is 0 Å². The number of carbonyl (C=O) groups is 2. The monoisotopic (exact) mass is 442 g/mol. The van der Waals surface area contributed by atoms with Crippen molar-refractivity contribution in [1.29, 1.82) is 0 Å². The number of hydrogen-bond acceptors (Lipinski definition) is 4. The maximum Gasteiger partial charge on any atom is 0.573 e. The molecule has 0 fully saturated rings. The SMILES string of the molecule is C=CC(=O)Nc1ccc(-c2ccc(NC(=O)Nc3ccc(OC(F)(F)F)cc3)cc2)cn1. The Bertz CT molecular complexity index is 1100. The van der Waals surface area contributed by atoms with Crippen molar-refractivity contribution in [3.8, 4) is 16.9 Å². The summed E-state index contributed by atoms with van der Waals surface area (Å²) in [6.07, 6.45) is -2.03. The number of pyridine rings is 1. The molecule has 7 nitrogen and oxygen atoms in total. The van der Waals surface area contributed by atoms with Gasteiger partial charge in [-0.1, -0.05) is 18.7 Å². The van der Waals surface area contributed by atoms with Crippen molar-refractivity contribution >= 4 is 29.1 Å². The first-order valence-corrected chi connectivity index (χ1v) is 9.15. The van der Waals surface area contributed by atoms with E-state index >= 15 is 0 Å². The maximum absolute atomic E-state index is 12.2. The van der Waals surface area contributed by atoms with Gasteiger partial charge in [0, 0.05) is 23.1 Å². The van der Waals surface area contributed by atoms with E-state index in [-0.39, 0.29) is 11.7 Å². The number of carbonyl (C=O) groups excluding carboxylic acids is 2. The number of halogens is 3. The summed E-state index contributed by atoms with van der Waals surface area (Å²) in [7, 11) is 0. The molecule has 10 heteroatoms. The predicted molar refractivity (Wildman–Crippen MR) is 114 cm³/mol. The van der Waals surface area contributed by atoms with Crippen LogP contribution in [0, 0.1) is 0 Å². The fourth-order valence-corrected chi connectivity index (χ4v) is 2.60. The number of nitrogens with zero attached hydrogens (tertiary/aromatic N) is 1. The Morgan fingerprint density at radius 3 is 1.91 bits per heavy atom. The predicted octanol–water partition coefficient (Wildman–Crippen LogP) is 5.42. The van der Waals surface area contributed by atoms with Crippen LogP contribution in [0.15, 0.2) is 79.5 Å². The van der Waals surface area contributed by atoms with E-state index in [1.165, 1.54) is 12.1 Å². The van der Waals surface area contributed by atoms with Crippen LogP contribution < -0.4 is 20.7 Å². The summed E-state index contributed by atoms with van der Waals surface area (Å²) >= 11 is 0. The first-order valence-electron chi connectivity index (χ1n) is 9.15. The summed E-state index contributed by atoms with van der Waals surface area (Å²) in [6, 6.07) is 14.6. The molecular weight excluding hydrogens is 425 g/mol. The molecule has 3 aromatic rings. The summed E-state index contributed by atoms with van der Waals surface area (Å²) < 4.78 is 40.3. The average Bonchev–Trinajstić information content (AvgIpc) is 2.75. The Labute approximate surface area is 180 Å². The van der Waals surface area contributed by atoms with Crippen LogP contribution in [0.25, 0.3) is 11.1 Å². The molecule has 0 bridgehead atoms. The number of urea groups is 1. The van der Waals surface area contributed by atoms with Crippen LogP contribution in [0.2, 0.25) is 0 Å². The molecule has 1 aromatic heterocycles. The molecule has 0 radical (unpaired) electrons. The Morgan fingerprint density at radius 1 is 0.844 bits per heavy atom. The standard InChI is InChI=1S/C22H17F3N4O3/c1-2-20(30)29-19-12-5-15(13-26-19)14-3-6-16(7-4-14)27-21(31)28-17-8-10-18(11-9-17)32-22(23,24)25/h2-13H,1H2,(H,26,29,30)(H2,27,28,31). The van der Waals surface area contributed by atoms with Crippen molar-refractivity contribution in [3.63, 3.8) is 0 Å². The minimum absolute atomic E-state index is 0.295. The number of benzene rings is 2. The van der Waals surface area contributed by atoms with Crippen molar-refractivity contribution in [2.75, 3.05) is 16.0 Å². The quantitative estimate of drug-likeness (QED) is 0.445. The second-order valence-electron chi connectivity index (χ2n) is 6.35. The smallest absolute Gasteiger partial charge is 0.406 e. The van der Waals surface area contributed by atoms with Gasteiger partial charge in [0.05, 0.1) is 0 Å². The van der Waals surface area contributed by atoms with Gasteiger partial charge < -0.3 is 20.7 Å². The highest BCUT2D eigenvalue weighted by molar-refractivity contribution is 6.00. The Morgan fingerprint density at radius 2 is 1.41 bits per heavy atom. The molecule has 3 amide bonds. The van der Waals surface area contributed by atoms with Gasteiger partial charge in [-0.25, -0.2) is 9.78 Å². The van der Waals surface area contributed by atoms with E-state index < -0.39 is 12.4 Å². The third-order valence-corrected chi connectivity index (χ3v) is 4.02. The molecule has 3 N–H and O–H groups in total. The summed E-state index contributed by atoms with van der Waals surface area (Å²) in [5, 5.41) is 7.69. The van der Waals surface area contributed by atoms with Crippen LogP contribution in [-0.2, 0) is 4.79 Å². The second kappa shape index (κ2) is 9.65. The zero-order valence-electron chi connectivity index (χ0n) is 16.4. The van der Waals surface area contributed by atoms with E-state index in [1.807, 2.05) is 0 Å². The lowest BCUT2D eigenvalue weighted by Gasteiger charge is -2.11. The number of ether oxygens (including phenoxy) is 1. The second-order valence-corrected chi connectivity index (χ2v) is 6.35. The third kappa shape index (κ3) is 6.59. The fraction of sp³-hybridized carbons (Fsp3) is 0.0455. The molecule has 0 saturated heterocycles. The fourth-order valence-electron chi connectivity index (χ4n) is 2.60. The summed E-state index contributed by atoms with van der Waals surface area (Å²) in [5.74, 6) is -0.346. The lowest BCUT2D eigenvalue weighted by atomic mass is 10.1. The molecule has 32 heavy (non-hydrogen) atoms. The number of rotatable bonds is 6. The van der Waals surface area contributed by atoms with Crippen molar-refractivity contribution in [1.82, 2.24) is 4.98 Å². The summed E-state index contributed by atoms with van der Waals surface area (Å²) in [6.45, 7) is 3.37. The Hall–Kier alpha value is -4.34. The lowest BCUT2D eigenvalue weighted by molar-refractivity contribution is -0.274. The third-order valence-electron chi connectivity index (χ3n) is 4.02. The molecular formula is C22H17F3N4O3. The molecule has 1 heterocycles. The van der Waals surface area contributed by atoms with Crippen molar-refractivity contribution in [3.05, 3.63) is 79.5 Å². The normalized spacial score (nSPS) is 10.7. The van der Waals surface area contributed by atoms with Gasteiger partial charge in [-0.15, -0.1) is 13.2 Å². The molecule has 164 valence electrons.